The second kappa shape index (κ2) is 7.91. The van der Waals surface area contributed by atoms with Gasteiger partial charge in [0.05, 0.1) is 0 Å². The number of rotatable bonds is 7. The first-order valence-electron chi connectivity index (χ1n) is 7.23. The van der Waals surface area contributed by atoms with E-state index in [9.17, 15) is 0 Å². The molecule has 108 valence electrons. The smallest absolute Gasteiger partial charge is 0.0423 e. The molecule has 3 heteroatoms. The van der Waals surface area contributed by atoms with Crippen LogP contribution in [0.4, 0.5) is 5.69 Å². The Morgan fingerprint density at radius 2 is 1.95 bits per heavy atom. The Morgan fingerprint density at radius 1 is 1.26 bits per heavy atom. The van der Waals surface area contributed by atoms with E-state index in [1.165, 1.54) is 17.7 Å². The maximum Gasteiger partial charge on any atom is 0.0423 e. The van der Waals surface area contributed by atoms with Gasteiger partial charge in [-0.15, -0.1) is 0 Å². The lowest BCUT2D eigenvalue weighted by molar-refractivity contribution is 0.554. The molecule has 2 atom stereocenters. The Kier molecular flexibility index (Phi) is 6.87. The molecular weight excluding hydrogens is 300 g/mol. The van der Waals surface area contributed by atoms with Gasteiger partial charge in [-0.2, -0.15) is 0 Å². The van der Waals surface area contributed by atoms with Crippen LogP contribution in [0.3, 0.4) is 0 Å². The number of anilines is 1. The van der Waals surface area contributed by atoms with Crippen LogP contribution in [-0.2, 0) is 0 Å². The van der Waals surface area contributed by atoms with Crippen molar-refractivity contribution in [3.63, 3.8) is 0 Å². The van der Waals surface area contributed by atoms with Gasteiger partial charge in [-0.25, -0.2) is 0 Å². The fourth-order valence-corrected chi connectivity index (χ4v) is 2.67. The number of hydrogen-bond donors (Lipinski definition) is 1. The quantitative estimate of drug-likeness (QED) is 0.787. The van der Waals surface area contributed by atoms with Crippen LogP contribution in [0.2, 0.25) is 0 Å². The Bertz CT molecular complexity index is 392. The van der Waals surface area contributed by atoms with Crippen molar-refractivity contribution in [1.82, 2.24) is 5.32 Å². The summed E-state index contributed by atoms with van der Waals surface area (Å²) in [4.78, 5) is 2.38. The zero-order valence-corrected chi connectivity index (χ0v) is 14.4. The van der Waals surface area contributed by atoms with Gasteiger partial charge in [0.25, 0.3) is 0 Å². The normalized spacial score (nSPS) is 14.2. The van der Waals surface area contributed by atoms with E-state index in [1.807, 2.05) is 0 Å². The highest BCUT2D eigenvalue weighted by Gasteiger charge is 2.14. The summed E-state index contributed by atoms with van der Waals surface area (Å²) in [6.07, 6.45) is 1.22. The molecule has 0 amide bonds. The molecule has 0 heterocycles. The molecule has 0 saturated heterocycles. The molecule has 2 nitrogen and oxygen atoms in total. The molecule has 0 aromatic heterocycles. The van der Waals surface area contributed by atoms with Crippen molar-refractivity contribution in [3.05, 3.63) is 28.2 Å². The second-order valence-corrected chi connectivity index (χ2v) is 6.29. The summed E-state index contributed by atoms with van der Waals surface area (Å²) >= 11 is 3.59. The molecule has 0 aliphatic rings. The van der Waals surface area contributed by atoms with E-state index < -0.39 is 0 Å². The lowest BCUT2D eigenvalue weighted by atomic mass is 10.0. The molecule has 1 N–H and O–H groups in total. The second-order valence-electron chi connectivity index (χ2n) is 5.38. The van der Waals surface area contributed by atoms with Crippen LogP contribution >= 0.6 is 15.9 Å². The van der Waals surface area contributed by atoms with E-state index in [0.717, 1.165) is 17.6 Å². The SMILES string of the molecule is CCNC(C)c1ccc(Br)cc1N(C)CC(C)CC. The van der Waals surface area contributed by atoms with Crippen LogP contribution in [0.1, 0.15) is 45.7 Å². The molecule has 0 bridgehead atoms. The van der Waals surface area contributed by atoms with Crippen LogP contribution in [0.15, 0.2) is 22.7 Å². The predicted molar refractivity (Wildman–Crippen MR) is 89.0 cm³/mol. The number of nitrogens with zero attached hydrogens (tertiary/aromatic N) is 1. The van der Waals surface area contributed by atoms with E-state index >= 15 is 0 Å². The molecule has 0 radical (unpaired) electrons. The average Bonchev–Trinajstić information content (AvgIpc) is 2.38. The Morgan fingerprint density at radius 3 is 2.53 bits per heavy atom. The highest BCUT2D eigenvalue weighted by Crippen LogP contribution is 2.29. The van der Waals surface area contributed by atoms with Gasteiger partial charge >= 0.3 is 0 Å². The summed E-state index contributed by atoms with van der Waals surface area (Å²) in [7, 11) is 2.19. The van der Waals surface area contributed by atoms with Crippen molar-refractivity contribution in [2.45, 2.75) is 40.2 Å². The van der Waals surface area contributed by atoms with E-state index in [0.29, 0.717) is 12.0 Å². The van der Waals surface area contributed by atoms with Crippen LogP contribution in [-0.4, -0.2) is 20.1 Å². The highest BCUT2D eigenvalue weighted by atomic mass is 79.9. The number of halogens is 1. The summed E-state index contributed by atoms with van der Waals surface area (Å²) in [5.41, 5.74) is 2.69. The number of benzene rings is 1. The largest absolute Gasteiger partial charge is 0.374 e. The third-order valence-corrected chi connectivity index (χ3v) is 4.16. The third-order valence-electron chi connectivity index (χ3n) is 3.66. The molecule has 0 aliphatic carbocycles. The van der Waals surface area contributed by atoms with Gasteiger partial charge in [0.1, 0.15) is 0 Å². The fourth-order valence-electron chi connectivity index (χ4n) is 2.32. The standard InChI is InChI=1S/C16H27BrN2/c1-6-12(3)11-19(5)16-10-14(17)8-9-15(16)13(4)18-7-2/h8-10,12-13,18H,6-7,11H2,1-5H3. The molecule has 1 aromatic rings. The summed E-state index contributed by atoms with van der Waals surface area (Å²) < 4.78 is 1.14. The summed E-state index contributed by atoms with van der Waals surface area (Å²) in [5, 5.41) is 3.50. The van der Waals surface area contributed by atoms with Gasteiger partial charge in [0, 0.05) is 29.8 Å². The lowest BCUT2D eigenvalue weighted by Crippen LogP contribution is -2.27. The van der Waals surface area contributed by atoms with Crippen molar-refractivity contribution in [1.29, 1.82) is 0 Å². The van der Waals surface area contributed by atoms with E-state index in [4.69, 9.17) is 0 Å². The Hall–Kier alpha value is -0.540. The van der Waals surface area contributed by atoms with Crippen molar-refractivity contribution >= 4 is 21.6 Å². The van der Waals surface area contributed by atoms with Gasteiger partial charge in [0.15, 0.2) is 0 Å². The van der Waals surface area contributed by atoms with Gasteiger partial charge < -0.3 is 10.2 Å². The van der Waals surface area contributed by atoms with Gasteiger partial charge in [-0.05, 0) is 37.1 Å². The minimum atomic E-state index is 0.382. The van der Waals surface area contributed by atoms with Crippen LogP contribution < -0.4 is 10.2 Å². The zero-order chi connectivity index (χ0) is 14.4. The molecule has 0 fully saturated rings. The molecule has 1 aromatic carbocycles. The number of nitrogens with one attached hydrogen (secondary N) is 1. The first kappa shape index (κ1) is 16.5. The van der Waals surface area contributed by atoms with Crippen molar-refractivity contribution in [3.8, 4) is 0 Å². The maximum absolute atomic E-state index is 3.59. The van der Waals surface area contributed by atoms with Crippen LogP contribution in [0, 0.1) is 5.92 Å². The molecule has 0 aliphatic heterocycles. The van der Waals surface area contributed by atoms with Crippen LogP contribution in [0.25, 0.3) is 0 Å². The number of hydrogen-bond acceptors (Lipinski definition) is 2. The van der Waals surface area contributed by atoms with Crippen molar-refractivity contribution in [2.24, 2.45) is 5.92 Å². The highest BCUT2D eigenvalue weighted by molar-refractivity contribution is 9.10. The van der Waals surface area contributed by atoms with Crippen molar-refractivity contribution < 1.29 is 0 Å². The topological polar surface area (TPSA) is 15.3 Å². The van der Waals surface area contributed by atoms with Gasteiger partial charge in [0.2, 0.25) is 0 Å². The van der Waals surface area contributed by atoms with E-state index in [-0.39, 0.29) is 0 Å². The predicted octanol–water partition coefficient (Wildman–Crippen LogP) is 4.60. The van der Waals surface area contributed by atoms with E-state index in [1.54, 1.807) is 0 Å². The lowest BCUT2D eigenvalue weighted by Gasteiger charge is -2.28. The summed E-state index contributed by atoms with van der Waals surface area (Å²) in [6, 6.07) is 6.96. The maximum atomic E-state index is 3.59. The average molecular weight is 327 g/mol. The minimum absolute atomic E-state index is 0.382. The summed E-state index contributed by atoms with van der Waals surface area (Å²) in [6.45, 7) is 11.0. The van der Waals surface area contributed by atoms with Crippen molar-refractivity contribution in [2.75, 3.05) is 25.0 Å². The minimum Gasteiger partial charge on any atom is -0.374 e. The zero-order valence-electron chi connectivity index (χ0n) is 12.8. The van der Waals surface area contributed by atoms with Gasteiger partial charge in [-0.1, -0.05) is 49.2 Å². The fraction of sp³-hybridized carbons (Fsp3) is 0.625. The first-order valence-corrected chi connectivity index (χ1v) is 8.02. The Balaban J connectivity index is 2.99. The molecular formula is C16H27BrN2. The molecule has 0 spiro atoms. The third kappa shape index (κ3) is 4.81. The molecule has 2 unspecified atom stereocenters. The van der Waals surface area contributed by atoms with Gasteiger partial charge in [-0.3, -0.25) is 0 Å². The van der Waals surface area contributed by atoms with Crippen LogP contribution in [0.5, 0.6) is 0 Å². The van der Waals surface area contributed by atoms with E-state index in [2.05, 4.69) is 79.1 Å². The summed E-state index contributed by atoms with van der Waals surface area (Å²) in [5.74, 6) is 0.714. The monoisotopic (exact) mass is 326 g/mol. The molecule has 0 saturated carbocycles. The molecule has 19 heavy (non-hydrogen) atoms. The Labute approximate surface area is 126 Å². The first-order chi connectivity index (χ1) is 8.99. The molecule has 1 rings (SSSR count).